The minimum Gasteiger partial charge on any atom is -0.391 e. The lowest BCUT2D eigenvalue weighted by Crippen LogP contribution is -2.09. The second-order valence-electron chi connectivity index (χ2n) is 6.00. The van der Waals surface area contributed by atoms with Crippen LogP contribution >= 0.6 is 46.6 Å². The van der Waals surface area contributed by atoms with Crippen molar-refractivity contribution in [1.29, 1.82) is 0 Å². The molecule has 2 aromatic carbocycles. The maximum Gasteiger partial charge on any atom is 0.435 e. The van der Waals surface area contributed by atoms with Crippen molar-refractivity contribution in [2.45, 2.75) is 22.7 Å². The minimum absolute atomic E-state index is 0.00859. The Hall–Kier alpha value is -1.87. The lowest BCUT2D eigenvalue weighted by atomic mass is 10.2. The van der Waals surface area contributed by atoms with Gasteiger partial charge in [-0.1, -0.05) is 57.8 Å². The molecule has 0 saturated heterocycles. The molecule has 0 amide bonds. The van der Waals surface area contributed by atoms with Gasteiger partial charge in [-0.3, -0.25) is 4.68 Å². The fourth-order valence-corrected chi connectivity index (χ4v) is 3.79. The van der Waals surface area contributed by atoms with Crippen LogP contribution in [0.3, 0.4) is 0 Å². The zero-order chi connectivity index (χ0) is 21.9. The summed E-state index contributed by atoms with van der Waals surface area (Å²) in [4.78, 5) is 5.85. The number of hydrogen-bond acceptors (Lipinski definition) is 4. The molecule has 158 valence electrons. The summed E-state index contributed by atoms with van der Waals surface area (Å²) in [7, 11) is 1.43. The van der Waals surface area contributed by atoms with Crippen molar-refractivity contribution < 1.29 is 18.0 Å². The van der Waals surface area contributed by atoms with Gasteiger partial charge >= 0.3 is 6.18 Å². The Labute approximate surface area is 189 Å². The van der Waals surface area contributed by atoms with Gasteiger partial charge in [-0.15, -0.1) is 0 Å². The molecule has 0 fully saturated rings. The van der Waals surface area contributed by atoms with Gasteiger partial charge in [-0.05, 0) is 42.0 Å². The molecule has 0 N–H and O–H groups in total. The van der Waals surface area contributed by atoms with Gasteiger partial charge in [0.25, 0.3) is 0 Å². The van der Waals surface area contributed by atoms with Crippen LogP contribution in [0.15, 0.2) is 57.5 Å². The number of nitrogens with zero attached hydrogens (tertiary/aromatic N) is 3. The van der Waals surface area contributed by atoms with Gasteiger partial charge < -0.3 is 4.84 Å². The first kappa shape index (κ1) is 22.8. The van der Waals surface area contributed by atoms with Crippen LogP contribution in [-0.2, 0) is 24.7 Å². The maximum atomic E-state index is 13.5. The zero-order valence-corrected chi connectivity index (χ0v) is 18.3. The van der Waals surface area contributed by atoms with Gasteiger partial charge in [-0.25, -0.2) is 0 Å². The van der Waals surface area contributed by atoms with Crippen LogP contribution in [0.2, 0.25) is 15.1 Å². The average Bonchev–Trinajstić information content (AvgIpc) is 2.99. The van der Waals surface area contributed by atoms with Crippen LogP contribution in [0.5, 0.6) is 0 Å². The van der Waals surface area contributed by atoms with E-state index in [1.54, 1.807) is 42.5 Å². The number of hydrogen-bond donors (Lipinski definition) is 0. The highest BCUT2D eigenvalue weighted by Gasteiger charge is 2.38. The standard InChI is InChI=1S/C19H13Cl3F3N3OS/c1-28-18(30-13-5-3-12(20)4-6-13)14(17(27-28)19(23,24)25)9-26-29-10-11-2-7-15(21)16(22)8-11/h2-9H,10H2,1H3/b26-9-. The van der Waals surface area contributed by atoms with E-state index >= 15 is 0 Å². The Morgan fingerprint density at radius 2 is 1.80 bits per heavy atom. The normalized spacial score (nSPS) is 12.0. The van der Waals surface area contributed by atoms with Crippen molar-refractivity contribution >= 4 is 52.8 Å². The quantitative estimate of drug-likeness (QED) is 0.271. The van der Waals surface area contributed by atoms with E-state index in [1.807, 2.05) is 0 Å². The van der Waals surface area contributed by atoms with Crippen molar-refractivity contribution in [1.82, 2.24) is 9.78 Å². The van der Waals surface area contributed by atoms with Gasteiger partial charge in [0.05, 0.1) is 21.8 Å². The summed E-state index contributed by atoms with van der Waals surface area (Å²) in [5.74, 6) is 0. The van der Waals surface area contributed by atoms with Crippen LogP contribution in [0.25, 0.3) is 0 Å². The summed E-state index contributed by atoms with van der Waals surface area (Å²) < 4.78 is 41.5. The Morgan fingerprint density at radius 1 is 1.10 bits per heavy atom. The Balaban J connectivity index is 1.84. The molecule has 0 radical (unpaired) electrons. The van der Waals surface area contributed by atoms with Crippen molar-refractivity contribution in [3.8, 4) is 0 Å². The van der Waals surface area contributed by atoms with Crippen molar-refractivity contribution in [3.63, 3.8) is 0 Å². The predicted octanol–water partition coefficient (Wildman–Crippen LogP) is 7.10. The third-order valence-corrected chi connectivity index (χ3v) is 5.97. The summed E-state index contributed by atoms with van der Waals surface area (Å²) in [5.41, 5.74) is -0.581. The van der Waals surface area contributed by atoms with E-state index in [4.69, 9.17) is 39.6 Å². The first-order chi connectivity index (χ1) is 14.1. The van der Waals surface area contributed by atoms with E-state index in [1.165, 1.54) is 7.05 Å². The fraction of sp³-hybridized carbons (Fsp3) is 0.158. The third-order valence-electron chi connectivity index (χ3n) is 3.80. The SMILES string of the molecule is Cn1nc(C(F)(F)F)c(/C=N\OCc2ccc(Cl)c(Cl)c2)c1Sc1ccc(Cl)cc1. The highest BCUT2D eigenvalue weighted by atomic mass is 35.5. The van der Waals surface area contributed by atoms with Gasteiger partial charge in [0.1, 0.15) is 11.6 Å². The van der Waals surface area contributed by atoms with Gasteiger partial charge in [0.15, 0.2) is 5.69 Å². The molecule has 30 heavy (non-hydrogen) atoms. The Morgan fingerprint density at radius 3 is 2.43 bits per heavy atom. The fourth-order valence-electron chi connectivity index (χ4n) is 2.42. The molecule has 0 aliphatic carbocycles. The average molecular weight is 495 g/mol. The van der Waals surface area contributed by atoms with Crippen LogP contribution in [0.4, 0.5) is 13.2 Å². The van der Waals surface area contributed by atoms with Crippen molar-refractivity contribution in [3.05, 3.63) is 74.4 Å². The molecule has 4 nitrogen and oxygen atoms in total. The number of oxime groups is 1. The molecule has 0 unspecified atom stereocenters. The number of rotatable bonds is 6. The van der Waals surface area contributed by atoms with E-state index in [0.29, 0.717) is 25.5 Å². The number of halogens is 6. The summed E-state index contributed by atoms with van der Waals surface area (Å²) in [6, 6.07) is 11.6. The molecular weight excluding hydrogens is 482 g/mol. The number of aryl methyl sites for hydroxylation is 1. The molecule has 1 heterocycles. The lowest BCUT2D eigenvalue weighted by Gasteiger charge is -2.06. The van der Waals surface area contributed by atoms with E-state index in [2.05, 4.69) is 10.3 Å². The maximum absolute atomic E-state index is 13.5. The van der Waals surface area contributed by atoms with Crippen molar-refractivity contribution in [2.24, 2.45) is 12.2 Å². The van der Waals surface area contributed by atoms with E-state index in [9.17, 15) is 13.2 Å². The number of benzene rings is 2. The molecule has 0 aliphatic heterocycles. The van der Waals surface area contributed by atoms with Crippen LogP contribution in [-0.4, -0.2) is 16.0 Å². The summed E-state index contributed by atoms with van der Waals surface area (Å²) in [6.45, 7) is 0.00859. The molecule has 0 bridgehead atoms. The molecule has 0 spiro atoms. The monoisotopic (exact) mass is 493 g/mol. The molecular formula is C19H13Cl3F3N3OS. The van der Waals surface area contributed by atoms with Crippen LogP contribution in [0.1, 0.15) is 16.8 Å². The van der Waals surface area contributed by atoms with E-state index in [0.717, 1.165) is 22.7 Å². The summed E-state index contributed by atoms with van der Waals surface area (Å²) in [6.07, 6.45) is -3.65. The van der Waals surface area contributed by atoms with E-state index in [-0.39, 0.29) is 17.2 Å². The first-order valence-corrected chi connectivity index (χ1v) is 10.3. The zero-order valence-electron chi connectivity index (χ0n) is 15.3. The van der Waals surface area contributed by atoms with Crippen LogP contribution < -0.4 is 0 Å². The molecule has 0 atom stereocenters. The Kier molecular flexibility index (Phi) is 7.23. The molecule has 11 heteroatoms. The minimum atomic E-state index is -4.65. The lowest BCUT2D eigenvalue weighted by molar-refractivity contribution is -0.141. The molecule has 3 aromatic rings. The smallest absolute Gasteiger partial charge is 0.391 e. The summed E-state index contributed by atoms with van der Waals surface area (Å²) in [5, 5.41) is 8.84. The summed E-state index contributed by atoms with van der Waals surface area (Å²) >= 11 is 18.8. The highest BCUT2D eigenvalue weighted by molar-refractivity contribution is 7.99. The number of aromatic nitrogens is 2. The topological polar surface area (TPSA) is 39.4 Å². The van der Waals surface area contributed by atoms with Gasteiger partial charge in [-0.2, -0.15) is 18.3 Å². The first-order valence-electron chi connectivity index (χ1n) is 8.32. The highest BCUT2D eigenvalue weighted by Crippen LogP contribution is 2.37. The van der Waals surface area contributed by atoms with Gasteiger partial charge in [0, 0.05) is 17.0 Å². The molecule has 0 aliphatic rings. The second-order valence-corrected chi connectivity index (χ2v) is 8.31. The van der Waals surface area contributed by atoms with Crippen molar-refractivity contribution in [2.75, 3.05) is 0 Å². The van der Waals surface area contributed by atoms with Gasteiger partial charge in [0.2, 0.25) is 0 Å². The molecule has 1 aromatic heterocycles. The number of alkyl halides is 3. The second kappa shape index (κ2) is 9.51. The Bertz CT molecular complexity index is 1070. The molecule has 0 saturated carbocycles. The third kappa shape index (κ3) is 5.63. The predicted molar refractivity (Wildman–Crippen MR) is 113 cm³/mol. The molecule has 3 rings (SSSR count). The van der Waals surface area contributed by atoms with E-state index < -0.39 is 11.9 Å². The van der Waals surface area contributed by atoms with Crippen LogP contribution in [0, 0.1) is 0 Å². The largest absolute Gasteiger partial charge is 0.435 e.